The van der Waals surface area contributed by atoms with E-state index in [1.807, 2.05) is 38.5 Å². The van der Waals surface area contributed by atoms with Crippen molar-refractivity contribution < 1.29 is 9.15 Å². The average molecular weight is 274 g/mol. The van der Waals surface area contributed by atoms with Gasteiger partial charge in [0.15, 0.2) is 0 Å². The van der Waals surface area contributed by atoms with E-state index < -0.39 is 0 Å². The molecule has 0 aliphatic heterocycles. The number of furan rings is 1. The molecule has 0 fully saturated rings. The van der Waals surface area contributed by atoms with Gasteiger partial charge in [0, 0.05) is 24.6 Å². The first-order valence-electron chi connectivity index (χ1n) is 6.99. The van der Waals surface area contributed by atoms with Crippen LogP contribution in [-0.2, 0) is 24.3 Å². The molecule has 0 amide bonds. The van der Waals surface area contributed by atoms with Crippen molar-refractivity contribution in [2.24, 2.45) is 0 Å². The molecule has 0 atom stereocenters. The predicted molar refractivity (Wildman–Crippen MR) is 78.4 cm³/mol. The fourth-order valence-corrected chi connectivity index (χ4v) is 2.10. The van der Waals surface area contributed by atoms with Crippen LogP contribution in [0.1, 0.15) is 29.1 Å². The molecule has 0 bridgehead atoms. The van der Waals surface area contributed by atoms with Crippen LogP contribution in [0.25, 0.3) is 0 Å². The summed E-state index contributed by atoms with van der Waals surface area (Å²) in [5.74, 6) is 1.91. The molecule has 1 N–H and O–H groups in total. The smallest absolute Gasteiger partial charge is 0.118 e. The lowest BCUT2D eigenvalue weighted by Crippen LogP contribution is -2.03. The van der Waals surface area contributed by atoms with Crippen LogP contribution in [0.3, 0.4) is 0 Å². The van der Waals surface area contributed by atoms with Gasteiger partial charge in [0.1, 0.15) is 11.5 Å². The number of aromatic nitrogens is 1. The van der Waals surface area contributed by atoms with Gasteiger partial charge in [-0.1, -0.05) is 0 Å². The Bertz CT molecular complexity index is 508. The van der Waals surface area contributed by atoms with Crippen molar-refractivity contribution in [3.63, 3.8) is 0 Å². The highest BCUT2D eigenvalue weighted by Gasteiger charge is 2.06. The molecule has 0 aliphatic rings. The van der Waals surface area contributed by atoms with Crippen LogP contribution in [0.4, 0.5) is 0 Å². The van der Waals surface area contributed by atoms with Gasteiger partial charge in [0.2, 0.25) is 0 Å². The van der Waals surface area contributed by atoms with Crippen LogP contribution in [-0.4, -0.2) is 18.6 Å². The Labute approximate surface area is 120 Å². The minimum Gasteiger partial charge on any atom is -0.465 e. The molecule has 0 saturated heterocycles. The lowest BCUT2D eigenvalue weighted by molar-refractivity contribution is 0.118. The number of ether oxygens (including phenoxy) is 1. The first kappa shape index (κ1) is 14.8. The summed E-state index contributed by atoms with van der Waals surface area (Å²) in [5, 5.41) is 3.08. The molecule has 2 rings (SSSR count). The highest BCUT2D eigenvalue weighted by Crippen LogP contribution is 2.15. The molecular weight excluding hydrogens is 252 g/mol. The van der Waals surface area contributed by atoms with Crippen LogP contribution < -0.4 is 5.32 Å². The van der Waals surface area contributed by atoms with Crippen LogP contribution in [0.5, 0.6) is 0 Å². The number of aryl methyl sites for hydroxylation is 2. The molecule has 0 aliphatic carbocycles. The maximum atomic E-state index is 5.72. The molecule has 0 radical (unpaired) electrons. The van der Waals surface area contributed by atoms with E-state index in [0.29, 0.717) is 6.61 Å². The Kier molecular flexibility index (Phi) is 5.77. The van der Waals surface area contributed by atoms with E-state index >= 15 is 0 Å². The van der Waals surface area contributed by atoms with Crippen molar-refractivity contribution >= 4 is 0 Å². The molecule has 2 heterocycles. The maximum Gasteiger partial charge on any atom is 0.118 e. The van der Waals surface area contributed by atoms with Gasteiger partial charge >= 0.3 is 0 Å². The third kappa shape index (κ3) is 4.47. The van der Waals surface area contributed by atoms with Crippen molar-refractivity contribution in [1.82, 2.24) is 10.3 Å². The summed E-state index contributed by atoms with van der Waals surface area (Å²) >= 11 is 0. The number of pyridine rings is 1. The fraction of sp³-hybridized carbons (Fsp3) is 0.438. The second-order valence-corrected chi connectivity index (χ2v) is 4.84. The highest BCUT2D eigenvalue weighted by molar-refractivity contribution is 5.19. The van der Waals surface area contributed by atoms with Crippen LogP contribution in [0.2, 0.25) is 0 Å². The third-order valence-electron chi connectivity index (χ3n) is 3.18. The molecule has 0 spiro atoms. The molecule has 108 valence electrons. The lowest BCUT2D eigenvalue weighted by atomic mass is 10.1. The van der Waals surface area contributed by atoms with Crippen molar-refractivity contribution in [2.45, 2.75) is 32.9 Å². The Morgan fingerprint density at radius 2 is 2.10 bits per heavy atom. The van der Waals surface area contributed by atoms with Gasteiger partial charge in [-0.15, -0.1) is 0 Å². The average Bonchev–Trinajstić information content (AvgIpc) is 2.80. The molecule has 4 nitrogen and oxygen atoms in total. The minimum atomic E-state index is 0.620. The van der Waals surface area contributed by atoms with Gasteiger partial charge < -0.3 is 14.5 Å². The largest absolute Gasteiger partial charge is 0.465 e. The van der Waals surface area contributed by atoms with E-state index in [-0.39, 0.29) is 0 Å². The molecule has 2 aromatic heterocycles. The van der Waals surface area contributed by atoms with Crippen LogP contribution in [0.15, 0.2) is 35.0 Å². The zero-order valence-corrected chi connectivity index (χ0v) is 12.2. The molecule has 2 aromatic rings. The van der Waals surface area contributed by atoms with Gasteiger partial charge in [-0.25, -0.2) is 0 Å². The van der Waals surface area contributed by atoms with E-state index in [1.165, 1.54) is 5.56 Å². The Hall–Kier alpha value is -1.65. The van der Waals surface area contributed by atoms with E-state index in [2.05, 4.69) is 16.4 Å². The Morgan fingerprint density at radius 1 is 1.30 bits per heavy atom. The van der Waals surface area contributed by atoms with Gasteiger partial charge in [-0.05, 0) is 50.6 Å². The fourth-order valence-electron chi connectivity index (χ4n) is 2.10. The number of hydrogen-bond acceptors (Lipinski definition) is 4. The molecule has 0 unspecified atom stereocenters. The maximum absolute atomic E-state index is 5.72. The van der Waals surface area contributed by atoms with Crippen molar-refractivity contribution in [3.8, 4) is 0 Å². The summed E-state index contributed by atoms with van der Waals surface area (Å²) < 4.78 is 11.3. The first-order chi connectivity index (χ1) is 9.79. The SMILES string of the molecule is CNCc1cc(COCCCc2ccncc2)c(C)o1. The predicted octanol–water partition coefficient (Wildman–Crippen LogP) is 2.85. The van der Waals surface area contributed by atoms with Crippen molar-refractivity contribution in [2.75, 3.05) is 13.7 Å². The monoisotopic (exact) mass is 274 g/mol. The van der Waals surface area contributed by atoms with Crippen LogP contribution in [0, 0.1) is 6.92 Å². The van der Waals surface area contributed by atoms with Gasteiger partial charge in [-0.3, -0.25) is 4.98 Å². The second kappa shape index (κ2) is 7.82. The Morgan fingerprint density at radius 3 is 2.85 bits per heavy atom. The topological polar surface area (TPSA) is 47.3 Å². The Balaban J connectivity index is 1.68. The van der Waals surface area contributed by atoms with Gasteiger partial charge in [0.05, 0.1) is 13.2 Å². The zero-order valence-electron chi connectivity index (χ0n) is 12.2. The summed E-state index contributed by atoms with van der Waals surface area (Å²) in [7, 11) is 1.91. The van der Waals surface area contributed by atoms with Gasteiger partial charge in [0.25, 0.3) is 0 Å². The molecule has 4 heteroatoms. The number of nitrogens with zero attached hydrogens (tertiary/aromatic N) is 1. The number of rotatable bonds is 8. The van der Waals surface area contributed by atoms with Crippen LogP contribution >= 0.6 is 0 Å². The van der Waals surface area contributed by atoms with E-state index in [1.54, 1.807) is 0 Å². The van der Waals surface area contributed by atoms with E-state index in [4.69, 9.17) is 9.15 Å². The van der Waals surface area contributed by atoms with Crippen molar-refractivity contribution in [3.05, 3.63) is 53.2 Å². The summed E-state index contributed by atoms with van der Waals surface area (Å²) in [4.78, 5) is 4.01. The first-order valence-corrected chi connectivity index (χ1v) is 6.99. The third-order valence-corrected chi connectivity index (χ3v) is 3.18. The quantitative estimate of drug-likeness (QED) is 0.752. The molecule has 0 saturated carbocycles. The number of nitrogens with one attached hydrogen (secondary N) is 1. The minimum absolute atomic E-state index is 0.620. The lowest BCUT2D eigenvalue weighted by Gasteiger charge is -2.03. The van der Waals surface area contributed by atoms with E-state index in [9.17, 15) is 0 Å². The normalized spacial score (nSPS) is 10.9. The summed E-state index contributed by atoms with van der Waals surface area (Å²) in [5.41, 5.74) is 2.44. The zero-order chi connectivity index (χ0) is 14.2. The number of hydrogen-bond donors (Lipinski definition) is 1. The summed E-state index contributed by atoms with van der Waals surface area (Å²) in [6.45, 7) is 4.11. The summed E-state index contributed by atoms with van der Waals surface area (Å²) in [6, 6.07) is 6.16. The molecular formula is C16H22N2O2. The summed E-state index contributed by atoms with van der Waals surface area (Å²) in [6.07, 6.45) is 5.70. The van der Waals surface area contributed by atoms with E-state index in [0.717, 1.165) is 43.1 Å². The molecule has 0 aromatic carbocycles. The van der Waals surface area contributed by atoms with Crippen molar-refractivity contribution in [1.29, 1.82) is 0 Å². The second-order valence-electron chi connectivity index (χ2n) is 4.84. The molecule has 20 heavy (non-hydrogen) atoms. The highest BCUT2D eigenvalue weighted by atomic mass is 16.5. The van der Waals surface area contributed by atoms with Gasteiger partial charge in [-0.2, -0.15) is 0 Å². The standard InChI is InChI=1S/C16H22N2O2/c1-13-15(10-16(20-13)11-17-2)12-19-9-3-4-14-5-7-18-8-6-14/h5-8,10,17H,3-4,9,11-12H2,1-2H3.